The summed E-state index contributed by atoms with van der Waals surface area (Å²) in [6.07, 6.45) is 0. The zero-order valence-corrected chi connectivity index (χ0v) is 19.4. The van der Waals surface area contributed by atoms with Crippen LogP contribution in [0, 0.1) is 6.92 Å². The van der Waals surface area contributed by atoms with E-state index in [1.165, 1.54) is 18.9 Å². The molecule has 4 rings (SSSR count). The lowest BCUT2D eigenvalue weighted by atomic mass is 10.1. The molecular formula is C24H20N4O5S. The molecule has 0 aliphatic rings. The van der Waals surface area contributed by atoms with Crippen molar-refractivity contribution >= 4 is 34.0 Å². The summed E-state index contributed by atoms with van der Waals surface area (Å²) in [4.78, 5) is 38.0. The van der Waals surface area contributed by atoms with Crippen LogP contribution in [0.3, 0.4) is 0 Å². The van der Waals surface area contributed by atoms with E-state index in [1.807, 2.05) is 48.5 Å². The molecule has 0 bridgehead atoms. The van der Waals surface area contributed by atoms with Gasteiger partial charge in [0.25, 0.3) is 5.56 Å². The summed E-state index contributed by atoms with van der Waals surface area (Å²) in [5.74, 6) is -1.27. The first-order valence-corrected chi connectivity index (χ1v) is 11.0. The van der Waals surface area contributed by atoms with Crippen LogP contribution < -0.4 is 5.56 Å². The Hall–Kier alpha value is -4.31. The summed E-state index contributed by atoms with van der Waals surface area (Å²) in [5, 5.41) is 11.7. The summed E-state index contributed by atoms with van der Waals surface area (Å²) in [6, 6.07) is 18.3. The average Bonchev–Trinajstić information content (AvgIpc) is 3.39. The van der Waals surface area contributed by atoms with Crippen molar-refractivity contribution in [2.75, 3.05) is 14.2 Å². The van der Waals surface area contributed by atoms with E-state index < -0.39 is 17.5 Å². The van der Waals surface area contributed by atoms with Gasteiger partial charge in [0.15, 0.2) is 10.7 Å². The Morgan fingerprint density at radius 2 is 1.53 bits per heavy atom. The lowest BCUT2D eigenvalue weighted by Crippen LogP contribution is -2.13. The first-order chi connectivity index (χ1) is 16.5. The van der Waals surface area contributed by atoms with Crippen molar-refractivity contribution in [3.8, 4) is 16.9 Å². The average molecular weight is 477 g/mol. The van der Waals surface area contributed by atoms with E-state index in [0.717, 1.165) is 16.9 Å². The normalized spacial score (nSPS) is 11.0. The lowest BCUT2D eigenvalue weighted by molar-refractivity contribution is 0.0601. The van der Waals surface area contributed by atoms with Gasteiger partial charge in [-0.1, -0.05) is 48.5 Å². The monoisotopic (exact) mass is 476 g/mol. The third kappa shape index (κ3) is 4.18. The zero-order chi connectivity index (χ0) is 24.2. The van der Waals surface area contributed by atoms with Crippen LogP contribution in [-0.4, -0.2) is 35.9 Å². The Morgan fingerprint density at radius 1 is 0.912 bits per heavy atom. The third-order valence-electron chi connectivity index (χ3n) is 5.07. The molecule has 4 aromatic rings. The predicted octanol–water partition coefficient (Wildman–Crippen LogP) is 5.19. The SMILES string of the molecule is COC(=O)c1sc(N=Nc2c(-c3ccccc3)[nH]n(-c3ccccc3)c2=O)c(C(=O)OC)c1C. The highest BCUT2D eigenvalue weighted by Gasteiger charge is 2.26. The molecule has 0 saturated carbocycles. The molecule has 9 nitrogen and oxygen atoms in total. The van der Waals surface area contributed by atoms with Gasteiger partial charge < -0.3 is 9.47 Å². The number of H-pyrrole nitrogens is 1. The van der Waals surface area contributed by atoms with Crippen molar-refractivity contribution in [2.24, 2.45) is 10.2 Å². The Kier molecular flexibility index (Phi) is 6.51. The van der Waals surface area contributed by atoms with Gasteiger partial charge in [0.05, 0.1) is 25.6 Å². The minimum Gasteiger partial charge on any atom is -0.465 e. The number of azo groups is 1. The first kappa shape index (κ1) is 22.9. The summed E-state index contributed by atoms with van der Waals surface area (Å²) in [7, 11) is 2.48. The van der Waals surface area contributed by atoms with E-state index in [0.29, 0.717) is 16.9 Å². The van der Waals surface area contributed by atoms with Gasteiger partial charge in [-0.25, -0.2) is 14.3 Å². The number of ether oxygens (including phenoxy) is 2. The van der Waals surface area contributed by atoms with Crippen molar-refractivity contribution in [1.82, 2.24) is 9.78 Å². The quantitative estimate of drug-likeness (QED) is 0.304. The second kappa shape index (κ2) is 9.67. The molecule has 0 radical (unpaired) electrons. The molecule has 1 N–H and O–H groups in total. The number of carbonyl (C=O) groups is 2. The lowest BCUT2D eigenvalue weighted by Gasteiger charge is -2.01. The number of para-hydroxylation sites is 1. The first-order valence-electron chi connectivity index (χ1n) is 10.1. The summed E-state index contributed by atoms with van der Waals surface area (Å²) >= 11 is 0.938. The number of nitrogens with zero attached hydrogens (tertiary/aromatic N) is 3. The second-order valence-corrected chi connectivity index (χ2v) is 8.10. The van der Waals surface area contributed by atoms with Gasteiger partial charge in [-0.05, 0) is 24.6 Å². The molecule has 0 amide bonds. The number of esters is 2. The molecule has 34 heavy (non-hydrogen) atoms. The summed E-state index contributed by atoms with van der Waals surface area (Å²) in [5.41, 5.74) is 1.91. The van der Waals surface area contributed by atoms with E-state index >= 15 is 0 Å². The number of rotatable bonds is 6. The van der Waals surface area contributed by atoms with Gasteiger partial charge in [0.1, 0.15) is 10.4 Å². The predicted molar refractivity (Wildman–Crippen MR) is 128 cm³/mol. The van der Waals surface area contributed by atoms with Gasteiger partial charge in [0, 0.05) is 5.56 Å². The molecule has 172 valence electrons. The van der Waals surface area contributed by atoms with Crippen LogP contribution in [0.15, 0.2) is 75.7 Å². The largest absolute Gasteiger partial charge is 0.465 e. The molecule has 2 aromatic carbocycles. The number of benzene rings is 2. The highest BCUT2D eigenvalue weighted by atomic mass is 32.1. The van der Waals surface area contributed by atoms with Crippen molar-refractivity contribution in [1.29, 1.82) is 0 Å². The van der Waals surface area contributed by atoms with Gasteiger partial charge in [0.2, 0.25) is 0 Å². The van der Waals surface area contributed by atoms with Crippen molar-refractivity contribution in [3.05, 3.63) is 87.0 Å². The number of hydrogen-bond acceptors (Lipinski definition) is 8. The smallest absolute Gasteiger partial charge is 0.348 e. The maximum atomic E-state index is 13.3. The second-order valence-electron chi connectivity index (χ2n) is 7.10. The summed E-state index contributed by atoms with van der Waals surface area (Å²) < 4.78 is 11.0. The molecule has 0 atom stereocenters. The maximum Gasteiger partial charge on any atom is 0.348 e. The van der Waals surface area contributed by atoms with Gasteiger partial charge in [-0.15, -0.1) is 21.6 Å². The van der Waals surface area contributed by atoms with Gasteiger partial charge >= 0.3 is 11.9 Å². The number of nitrogens with one attached hydrogen (secondary N) is 1. The fourth-order valence-electron chi connectivity index (χ4n) is 3.38. The number of aromatic amines is 1. The number of methoxy groups -OCH3 is 2. The van der Waals surface area contributed by atoms with Crippen LogP contribution in [0.2, 0.25) is 0 Å². The molecule has 0 aliphatic heterocycles. The Bertz CT molecular complexity index is 1440. The van der Waals surface area contributed by atoms with E-state index in [9.17, 15) is 14.4 Å². The van der Waals surface area contributed by atoms with Crippen LogP contribution in [0.5, 0.6) is 0 Å². The minimum atomic E-state index is -0.670. The molecule has 0 aliphatic carbocycles. The van der Waals surface area contributed by atoms with Crippen LogP contribution in [0.25, 0.3) is 16.9 Å². The third-order valence-corrected chi connectivity index (χ3v) is 6.23. The number of thiophene rings is 1. The molecule has 2 heterocycles. The molecule has 0 spiro atoms. The van der Waals surface area contributed by atoms with Crippen molar-refractivity contribution in [2.45, 2.75) is 6.92 Å². The molecule has 0 fully saturated rings. The Labute approximate surface area is 198 Å². The highest BCUT2D eigenvalue weighted by Crippen LogP contribution is 2.38. The fraction of sp³-hybridized carbons (Fsp3) is 0.125. The van der Waals surface area contributed by atoms with Crippen molar-refractivity contribution < 1.29 is 19.1 Å². The van der Waals surface area contributed by atoms with Gasteiger partial charge in [-0.3, -0.25) is 9.89 Å². The molecular weight excluding hydrogens is 456 g/mol. The Morgan fingerprint density at radius 3 is 2.15 bits per heavy atom. The number of aromatic nitrogens is 2. The maximum absolute atomic E-state index is 13.3. The van der Waals surface area contributed by atoms with Crippen LogP contribution in [0.1, 0.15) is 25.6 Å². The van der Waals surface area contributed by atoms with Gasteiger partial charge in [-0.2, -0.15) is 0 Å². The zero-order valence-electron chi connectivity index (χ0n) is 18.6. The van der Waals surface area contributed by atoms with E-state index in [2.05, 4.69) is 15.3 Å². The van der Waals surface area contributed by atoms with Crippen LogP contribution in [-0.2, 0) is 9.47 Å². The molecule has 0 saturated heterocycles. The molecule has 0 unspecified atom stereocenters. The van der Waals surface area contributed by atoms with E-state index in [1.54, 1.807) is 19.1 Å². The minimum absolute atomic E-state index is 0.0524. The topological polar surface area (TPSA) is 115 Å². The Balaban J connectivity index is 1.89. The van der Waals surface area contributed by atoms with Crippen LogP contribution in [0.4, 0.5) is 10.7 Å². The number of hydrogen-bond donors (Lipinski definition) is 1. The van der Waals surface area contributed by atoms with Crippen molar-refractivity contribution in [3.63, 3.8) is 0 Å². The fourth-order valence-corrected chi connectivity index (χ4v) is 4.42. The highest BCUT2D eigenvalue weighted by molar-refractivity contribution is 7.18. The molecule has 2 aromatic heterocycles. The van der Waals surface area contributed by atoms with E-state index in [4.69, 9.17) is 9.47 Å². The summed E-state index contributed by atoms with van der Waals surface area (Å²) in [6.45, 7) is 1.60. The molecule has 10 heteroatoms. The number of carbonyl (C=O) groups excluding carboxylic acids is 2. The van der Waals surface area contributed by atoms with Crippen LogP contribution >= 0.6 is 11.3 Å². The van der Waals surface area contributed by atoms with E-state index in [-0.39, 0.29) is 21.1 Å². The standard InChI is InChI=1S/C24H20N4O5S/c1-14-17(23(30)32-2)21(34-20(14)24(31)33-3)26-25-19-18(15-10-6-4-7-11-15)27-28(22(19)29)16-12-8-5-9-13-16/h4-13,27H,1-3H3.